The van der Waals surface area contributed by atoms with Crippen LogP contribution in [0.15, 0.2) is 66.6 Å². The van der Waals surface area contributed by atoms with Crippen molar-refractivity contribution in [3.63, 3.8) is 0 Å². The number of carbonyl (C=O) groups is 1. The third kappa shape index (κ3) is 5.31. The van der Waals surface area contributed by atoms with Crippen LogP contribution in [0.5, 0.6) is 0 Å². The van der Waals surface area contributed by atoms with Gasteiger partial charge in [-0.3, -0.25) is 4.40 Å². The van der Waals surface area contributed by atoms with Crippen LogP contribution in [0.1, 0.15) is 5.56 Å². The zero-order valence-corrected chi connectivity index (χ0v) is 17.1. The zero-order valence-electron chi connectivity index (χ0n) is 17.1. The van der Waals surface area contributed by atoms with Gasteiger partial charge in [-0.1, -0.05) is 12.1 Å². The molecule has 0 atom stereocenters. The molecule has 34 heavy (non-hydrogen) atoms. The first-order valence-corrected chi connectivity index (χ1v) is 9.78. The number of fused-ring (bicyclic) bond motifs is 1. The van der Waals surface area contributed by atoms with Crippen molar-refractivity contribution in [3.8, 4) is 11.3 Å². The number of rotatable bonds is 4. The fourth-order valence-corrected chi connectivity index (χ4v) is 3.27. The zero-order chi connectivity index (χ0) is 24.5. The first kappa shape index (κ1) is 23.2. The van der Waals surface area contributed by atoms with Gasteiger partial charge >= 0.3 is 18.4 Å². The molecule has 1 aliphatic heterocycles. The van der Waals surface area contributed by atoms with Gasteiger partial charge in [0, 0.05) is 29.1 Å². The number of halogens is 6. The predicted octanol–water partition coefficient (Wildman–Crippen LogP) is 3.55. The predicted molar refractivity (Wildman–Crippen MR) is 111 cm³/mol. The molecule has 1 aromatic carbocycles. The molecule has 7 nitrogen and oxygen atoms in total. The standard InChI is InChI=1S/C21H16F6N6O/c22-20(23,24)11-29-19(34)30-14-3-1-2-13(8-14)16-10-28-18-9-12(6-7-33(16)18)15-4-5-17(32-31-15)21(25,26)27/h1-10,31-32H,11H2,(H2,29,30,34)/p+1. The topological polar surface area (TPSA) is 87.1 Å². The minimum atomic E-state index is -4.52. The highest BCUT2D eigenvalue weighted by molar-refractivity contribution is 5.90. The number of hydrogen-bond donors (Lipinski definition) is 4. The van der Waals surface area contributed by atoms with E-state index in [4.69, 9.17) is 0 Å². The molecule has 0 bridgehead atoms. The number of imidazole rings is 1. The summed E-state index contributed by atoms with van der Waals surface area (Å²) in [5, 5.41) is 4.08. The van der Waals surface area contributed by atoms with Crippen LogP contribution in [-0.4, -0.2) is 34.3 Å². The average Bonchev–Trinajstić information content (AvgIpc) is 3.20. The van der Waals surface area contributed by atoms with Gasteiger partial charge in [-0.15, -0.1) is 0 Å². The van der Waals surface area contributed by atoms with Gasteiger partial charge in [0.05, 0.1) is 11.9 Å². The highest BCUT2D eigenvalue weighted by Gasteiger charge is 2.36. The normalized spacial score (nSPS) is 14.3. The number of benzene rings is 1. The van der Waals surface area contributed by atoms with Gasteiger partial charge in [-0.2, -0.15) is 26.3 Å². The first-order chi connectivity index (χ1) is 16.0. The number of nitrogens with zero attached hydrogens (tertiary/aromatic N) is 2. The number of amides is 2. The number of aromatic nitrogens is 2. The van der Waals surface area contributed by atoms with Crippen molar-refractivity contribution < 1.29 is 36.6 Å². The van der Waals surface area contributed by atoms with E-state index in [1.807, 2.05) is 0 Å². The second-order valence-electron chi connectivity index (χ2n) is 7.28. The Kier molecular flexibility index (Phi) is 5.96. The molecule has 5 N–H and O–H groups in total. The molecule has 0 saturated heterocycles. The number of nitrogens with one attached hydrogen (secondary N) is 3. The van der Waals surface area contributed by atoms with Crippen molar-refractivity contribution in [1.29, 1.82) is 0 Å². The van der Waals surface area contributed by atoms with E-state index < -0.39 is 30.6 Å². The Bertz CT molecular complexity index is 1290. The van der Waals surface area contributed by atoms with Crippen LogP contribution in [0.2, 0.25) is 0 Å². The quantitative estimate of drug-likeness (QED) is 0.338. The maximum Gasteiger partial charge on any atom is 0.435 e. The summed E-state index contributed by atoms with van der Waals surface area (Å²) < 4.78 is 76.8. The van der Waals surface area contributed by atoms with E-state index in [-0.39, 0.29) is 5.69 Å². The summed E-state index contributed by atoms with van der Waals surface area (Å²) in [5.41, 5.74) is 5.90. The third-order valence-electron chi connectivity index (χ3n) is 4.83. The molecule has 0 unspecified atom stereocenters. The third-order valence-corrected chi connectivity index (χ3v) is 4.83. The summed E-state index contributed by atoms with van der Waals surface area (Å²) >= 11 is 0. The number of allylic oxidation sites excluding steroid dienone is 3. The number of quaternary nitrogens is 1. The Morgan fingerprint density at radius 3 is 2.53 bits per heavy atom. The van der Waals surface area contributed by atoms with Gasteiger partial charge in [0.25, 0.3) is 0 Å². The number of urea groups is 1. The second-order valence-corrected chi connectivity index (χ2v) is 7.28. The summed E-state index contributed by atoms with van der Waals surface area (Å²) in [5.74, 6) is 0. The van der Waals surface area contributed by atoms with Crippen molar-refractivity contribution in [2.24, 2.45) is 0 Å². The van der Waals surface area contributed by atoms with Crippen molar-refractivity contribution in [2.75, 3.05) is 11.9 Å². The van der Waals surface area contributed by atoms with Crippen molar-refractivity contribution in [3.05, 3.63) is 72.2 Å². The molecule has 0 spiro atoms. The van der Waals surface area contributed by atoms with Gasteiger partial charge in [-0.05, 0) is 30.3 Å². The number of carbonyl (C=O) groups excluding carboxylic acids is 1. The molecule has 178 valence electrons. The smallest absolute Gasteiger partial charge is 0.329 e. The minimum absolute atomic E-state index is 0.282. The number of anilines is 1. The molecular weight excluding hydrogens is 466 g/mol. The number of hydrogen-bond acceptors (Lipinski definition) is 3. The summed E-state index contributed by atoms with van der Waals surface area (Å²) in [6.45, 7) is -1.45. The van der Waals surface area contributed by atoms with Gasteiger partial charge in [0.15, 0.2) is 11.4 Å². The molecule has 0 radical (unpaired) electrons. The van der Waals surface area contributed by atoms with Crippen LogP contribution < -0.4 is 21.5 Å². The molecular formula is C21H17F6N6O+. The minimum Gasteiger partial charge on any atom is -0.329 e. The monoisotopic (exact) mass is 483 g/mol. The van der Waals surface area contributed by atoms with Crippen LogP contribution in [-0.2, 0) is 0 Å². The van der Waals surface area contributed by atoms with E-state index in [1.165, 1.54) is 17.6 Å². The summed E-state index contributed by atoms with van der Waals surface area (Å²) in [7, 11) is 0. The van der Waals surface area contributed by atoms with Crippen LogP contribution in [0.3, 0.4) is 0 Å². The van der Waals surface area contributed by atoms with Crippen LogP contribution in [0.25, 0.3) is 22.6 Å². The molecule has 13 heteroatoms. The highest BCUT2D eigenvalue weighted by Crippen LogP contribution is 2.26. The Hall–Kier alpha value is -4.00. The SMILES string of the molecule is O=C(NCC(F)(F)F)Nc1cccc(-c2cnc3cc(C4=CC=C(C(F)(F)F)N[NH2+]4)ccn23)c1. The molecule has 2 amide bonds. The van der Waals surface area contributed by atoms with Crippen LogP contribution >= 0.6 is 0 Å². The van der Waals surface area contributed by atoms with Crippen molar-refractivity contribution in [1.82, 2.24) is 20.1 Å². The lowest BCUT2D eigenvalue weighted by atomic mass is 10.1. The van der Waals surface area contributed by atoms with E-state index in [9.17, 15) is 31.1 Å². The molecule has 0 aliphatic carbocycles. The van der Waals surface area contributed by atoms with Gasteiger partial charge in [0.1, 0.15) is 12.2 Å². The van der Waals surface area contributed by atoms with E-state index in [1.54, 1.807) is 52.4 Å². The maximum absolute atomic E-state index is 12.8. The summed E-state index contributed by atoms with van der Waals surface area (Å²) in [4.78, 5) is 16.0. The van der Waals surface area contributed by atoms with Gasteiger partial charge < -0.3 is 10.6 Å². The highest BCUT2D eigenvalue weighted by atomic mass is 19.4. The molecule has 0 fully saturated rings. The number of alkyl halides is 6. The largest absolute Gasteiger partial charge is 0.435 e. The van der Waals surface area contributed by atoms with Crippen LogP contribution in [0, 0.1) is 0 Å². The fourth-order valence-electron chi connectivity index (χ4n) is 3.27. The Balaban J connectivity index is 1.54. The van der Waals surface area contributed by atoms with Crippen molar-refractivity contribution in [2.45, 2.75) is 12.4 Å². The molecule has 3 heterocycles. The Labute approximate surface area is 188 Å². The lowest BCUT2D eigenvalue weighted by Crippen LogP contribution is -2.91. The van der Waals surface area contributed by atoms with E-state index in [2.05, 4.69) is 15.7 Å². The number of pyridine rings is 1. The Morgan fingerprint density at radius 1 is 1.06 bits per heavy atom. The average molecular weight is 483 g/mol. The summed E-state index contributed by atoms with van der Waals surface area (Å²) in [6.07, 6.45) is -3.41. The second kappa shape index (κ2) is 8.74. The molecule has 2 aromatic heterocycles. The first-order valence-electron chi connectivity index (χ1n) is 9.78. The lowest BCUT2D eigenvalue weighted by Gasteiger charge is -2.16. The lowest BCUT2D eigenvalue weighted by molar-refractivity contribution is -0.622. The van der Waals surface area contributed by atoms with Crippen molar-refractivity contribution >= 4 is 23.1 Å². The van der Waals surface area contributed by atoms with Crippen LogP contribution in [0.4, 0.5) is 36.8 Å². The van der Waals surface area contributed by atoms with E-state index in [0.29, 0.717) is 28.2 Å². The maximum atomic E-state index is 12.8. The fraction of sp³-hybridized carbons (Fsp3) is 0.143. The molecule has 1 aliphatic rings. The van der Waals surface area contributed by atoms with E-state index >= 15 is 0 Å². The van der Waals surface area contributed by atoms with Gasteiger partial charge in [0.2, 0.25) is 0 Å². The molecule has 0 saturated carbocycles. The number of nitrogens with two attached hydrogens (primary N) is 1. The summed E-state index contributed by atoms with van der Waals surface area (Å²) in [6, 6.07) is 8.88. The van der Waals surface area contributed by atoms with E-state index in [0.717, 1.165) is 6.08 Å². The van der Waals surface area contributed by atoms with Gasteiger partial charge in [-0.25, -0.2) is 20.6 Å². The molecule has 3 aromatic rings. The molecule has 4 rings (SSSR count). The Morgan fingerprint density at radius 2 is 1.85 bits per heavy atom.